The SMILES string of the molecule is COC(=O)C(C)N1C(=O)SC(=Cc2cc(C)n(-c3sc4c(c3C(=O)O)CCCC4)c2C)C1=O. The molecule has 0 bridgehead atoms. The molecule has 1 aliphatic carbocycles. The lowest BCUT2D eigenvalue weighted by atomic mass is 9.95. The van der Waals surface area contributed by atoms with Gasteiger partial charge in [0.15, 0.2) is 0 Å². The van der Waals surface area contributed by atoms with Gasteiger partial charge in [0.1, 0.15) is 11.0 Å². The van der Waals surface area contributed by atoms with Crippen LogP contribution in [0.15, 0.2) is 11.0 Å². The van der Waals surface area contributed by atoms with Crippen LogP contribution < -0.4 is 0 Å². The number of amides is 2. The van der Waals surface area contributed by atoms with Crippen LogP contribution in [0.5, 0.6) is 0 Å². The number of hydrogen-bond acceptors (Lipinski definition) is 7. The fourth-order valence-corrected chi connectivity index (χ4v) is 6.80. The molecular weight excluding hydrogens is 464 g/mol. The number of carboxylic acid groups (broad SMARTS) is 1. The van der Waals surface area contributed by atoms with Crippen molar-refractivity contribution in [3.05, 3.63) is 43.9 Å². The minimum Gasteiger partial charge on any atom is -0.478 e. The Kier molecular flexibility index (Phi) is 6.24. The molecule has 3 heterocycles. The number of imide groups is 1. The normalized spacial score (nSPS) is 18.1. The average Bonchev–Trinajstić information content (AvgIpc) is 3.38. The first-order chi connectivity index (χ1) is 15.6. The van der Waals surface area contributed by atoms with E-state index in [1.54, 1.807) is 6.08 Å². The van der Waals surface area contributed by atoms with Crippen LogP contribution in [-0.4, -0.2) is 50.8 Å². The van der Waals surface area contributed by atoms with Gasteiger partial charge in [-0.1, -0.05) is 0 Å². The van der Waals surface area contributed by atoms with Crippen LogP contribution in [-0.2, 0) is 27.2 Å². The number of fused-ring (bicyclic) bond motifs is 1. The summed E-state index contributed by atoms with van der Waals surface area (Å²) in [7, 11) is 1.20. The number of thioether (sulfide) groups is 1. The summed E-state index contributed by atoms with van der Waals surface area (Å²) in [5.41, 5.74) is 3.62. The molecule has 2 aromatic heterocycles. The molecule has 4 rings (SSSR count). The van der Waals surface area contributed by atoms with Gasteiger partial charge in [-0.05, 0) is 81.5 Å². The van der Waals surface area contributed by atoms with Crippen LogP contribution >= 0.6 is 23.1 Å². The van der Waals surface area contributed by atoms with Crippen molar-refractivity contribution in [1.82, 2.24) is 9.47 Å². The van der Waals surface area contributed by atoms with Crippen LogP contribution in [0.1, 0.15) is 57.5 Å². The van der Waals surface area contributed by atoms with E-state index in [4.69, 9.17) is 0 Å². The van der Waals surface area contributed by atoms with Gasteiger partial charge in [-0.2, -0.15) is 0 Å². The number of methoxy groups -OCH3 is 1. The number of aromatic carboxylic acids is 1. The molecule has 1 fully saturated rings. The summed E-state index contributed by atoms with van der Waals surface area (Å²) in [5, 5.41) is 10.1. The van der Waals surface area contributed by atoms with Gasteiger partial charge in [0.2, 0.25) is 0 Å². The maximum atomic E-state index is 12.9. The lowest BCUT2D eigenvalue weighted by Gasteiger charge is -2.18. The van der Waals surface area contributed by atoms with Gasteiger partial charge in [0, 0.05) is 16.3 Å². The van der Waals surface area contributed by atoms with E-state index < -0.39 is 29.1 Å². The molecule has 1 aliphatic heterocycles. The number of hydrogen-bond donors (Lipinski definition) is 1. The summed E-state index contributed by atoms with van der Waals surface area (Å²) in [5.74, 6) is -2.15. The van der Waals surface area contributed by atoms with Crippen molar-refractivity contribution in [2.24, 2.45) is 0 Å². The highest BCUT2D eigenvalue weighted by Gasteiger charge is 2.41. The largest absolute Gasteiger partial charge is 0.478 e. The summed E-state index contributed by atoms with van der Waals surface area (Å²) in [6.45, 7) is 5.20. The molecule has 1 N–H and O–H groups in total. The molecule has 0 spiro atoms. The second-order valence-electron chi connectivity index (χ2n) is 8.11. The fourth-order valence-electron chi connectivity index (χ4n) is 4.41. The summed E-state index contributed by atoms with van der Waals surface area (Å²) >= 11 is 2.29. The van der Waals surface area contributed by atoms with E-state index in [2.05, 4.69) is 4.74 Å². The van der Waals surface area contributed by atoms with Crippen molar-refractivity contribution in [2.45, 2.75) is 52.5 Å². The molecule has 33 heavy (non-hydrogen) atoms. The third-order valence-corrected chi connectivity index (χ3v) is 8.24. The Morgan fingerprint density at radius 1 is 1.21 bits per heavy atom. The van der Waals surface area contributed by atoms with E-state index in [0.717, 1.165) is 64.2 Å². The molecule has 1 saturated heterocycles. The third kappa shape index (κ3) is 3.91. The van der Waals surface area contributed by atoms with Gasteiger partial charge < -0.3 is 14.4 Å². The van der Waals surface area contributed by atoms with Gasteiger partial charge in [-0.3, -0.25) is 14.5 Å². The monoisotopic (exact) mass is 488 g/mol. The Morgan fingerprint density at radius 2 is 1.91 bits per heavy atom. The van der Waals surface area contributed by atoms with Crippen molar-refractivity contribution < 1.29 is 29.0 Å². The molecule has 0 aromatic carbocycles. The average molecular weight is 489 g/mol. The zero-order valence-electron chi connectivity index (χ0n) is 18.8. The summed E-state index contributed by atoms with van der Waals surface area (Å²) in [6.07, 6.45) is 5.32. The highest BCUT2D eigenvalue weighted by atomic mass is 32.2. The number of aryl methyl sites for hydroxylation is 2. The number of rotatable bonds is 5. The molecule has 10 heteroatoms. The van der Waals surface area contributed by atoms with Gasteiger partial charge in [0.05, 0.1) is 17.6 Å². The number of esters is 1. The molecule has 0 radical (unpaired) electrons. The standard InChI is InChI=1S/C23H24N2O6S2/c1-11-9-14(10-17-19(26)25(23(30)33-17)13(3)22(29)31-4)12(2)24(11)20-18(21(27)28)15-7-5-6-8-16(15)32-20/h9-10,13H,5-8H2,1-4H3,(H,27,28). The first-order valence-electron chi connectivity index (χ1n) is 10.6. The van der Waals surface area contributed by atoms with Crippen LogP contribution in [0.2, 0.25) is 0 Å². The van der Waals surface area contributed by atoms with E-state index in [1.165, 1.54) is 25.4 Å². The predicted octanol–water partition coefficient (Wildman–Crippen LogP) is 4.33. The maximum absolute atomic E-state index is 12.9. The molecule has 1 atom stereocenters. The highest BCUT2D eigenvalue weighted by Crippen LogP contribution is 2.40. The lowest BCUT2D eigenvalue weighted by molar-refractivity contribution is -0.148. The zero-order valence-corrected chi connectivity index (χ0v) is 20.4. The molecule has 174 valence electrons. The molecule has 0 saturated carbocycles. The number of ether oxygens (including phenoxy) is 1. The summed E-state index contributed by atoms with van der Waals surface area (Å²) in [6, 6.07) is 0.855. The molecule has 8 nitrogen and oxygen atoms in total. The van der Waals surface area contributed by atoms with E-state index in [-0.39, 0.29) is 4.91 Å². The van der Waals surface area contributed by atoms with Crippen LogP contribution in [0.25, 0.3) is 11.1 Å². The van der Waals surface area contributed by atoms with Crippen LogP contribution in [0, 0.1) is 13.8 Å². The topological polar surface area (TPSA) is 106 Å². The van der Waals surface area contributed by atoms with Crippen LogP contribution in [0.4, 0.5) is 4.79 Å². The minimum absolute atomic E-state index is 0.208. The second kappa shape index (κ2) is 8.83. The Balaban J connectivity index is 1.75. The Morgan fingerprint density at radius 3 is 2.58 bits per heavy atom. The molecule has 2 aliphatic rings. The Labute approximate surface area is 199 Å². The number of nitrogens with zero attached hydrogens (tertiary/aromatic N) is 2. The highest BCUT2D eigenvalue weighted by molar-refractivity contribution is 8.18. The minimum atomic E-state index is -1.02. The van der Waals surface area contributed by atoms with Gasteiger partial charge in [-0.25, -0.2) is 9.59 Å². The van der Waals surface area contributed by atoms with Gasteiger partial charge in [0.25, 0.3) is 11.1 Å². The van der Waals surface area contributed by atoms with E-state index >= 15 is 0 Å². The molecule has 2 amide bonds. The van der Waals surface area contributed by atoms with Crippen molar-refractivity contribution in [3.8, 4) is 5.00 Å². The van der Waals surface area contributed by atoms with Crippen molar-refractivity contribution >= 4 is 52.3 Å². The molecular formula is C23H24N2O6S2. The number of thiophene rings is 1. The smallest absolute Gasteiger partial charge is 0.339 e. The molecule has 1 unspecified atom stereocenters. The number of carbonyl (C=O) groups is 4. The Hall–Kier alpha value is -2.85. The number of carbonyl (C=O) groups excluding carboxylic acids is 3. The fraction of sp³-hybridized carbons (Fsp3) is 0.391. The zero-order chi connectivity index (χ0) is 24.0. The van der Waals surface area contributed by atoms with Crippen LogP contribution in [0.3, 0.4) is 0 Å². The summed E-state index contributed by atoms with van der Waals surface area (Å²) < 4.78 is 6.58. The van der Waals surface area contributed by atoms with Crippen molar-refractivity contribution in [3.63, 3.8) is 0 Å². The summed E-state index contributed by atoms with van der Waals surface area (Å²) in [4.78, 5) is 51.5. The quantitative estimate of drug-likeness (QED) is 0.493. The third-order valence-electron chi connectivity index (χ3n) is 6.08. The first kappa shape index (κ1) is 23.3. The maximum Gasteiger partial charge on any atom is 0.339 e. The number of carboxylic acids is 1. The first-order valence-corrected chi connectivity index (χ1v) is 12.2. The van der Waals surface area contributed by atoms with Gasteiger partial charge in [-0.15, -0.1) is 11.3 Å². The predicted molar refractivity (Wildman–Crippen MR) is 126 cm³/mol. The van der Waals surface area contributed by atoms with Gasteiger partial charge >= 0.3 is 11.9 Å². The lowest BCUT2D eigenvalue weighted by Crippen LogP contribution is -2.42. The van der Waals surface area contributed by atoms with Crippen molar-refractivity contribution in [1.29, 1.82) is 0 Å². The molecule has 2 aromatic rings. The van der Waals surface area contributed by atoms with Crippen molar-refractivity contribution in [2.75, 3.05) is 7.11 Å². The van der Waals surface area contributed by atoms with E-state index in [9.17, 15) is 24.3 Å². The second-order valence-corrected chi connectivity index (χ2v) is 10.2. The Bertz CT molecular complexity index is 1220. The van der Waals surface area contributed by atoms with E-state index in [1.807, 2.05) is 24.5 Å². The van der Waals surface area contributed by atoms with E-state index in [0.29, 0.717) is 16.1 Å². The number of aromatic nitrogens is 1.